The molecule has 0 heterocycles. The second-order valence-electron chi connectivity index (χ2n) is 3.61. The van der Waals surface area contributed by atoms with E-state index in [9.17, 15) is 10.1 Å². The minimum absolute atomic E-state index is 0.0739. The third-order valence-corrected chi connectivity index (χ3v) is 4.40. The van der Waals surface area contributed by atoms with E-state index in [1.807, 2.05) is 0 Å². The molecule has 2 rings (SSSR count). The van der Waals surface area contributed by atoms with E-state index in [0.717, 1.165) is 12.8 Å². The van der Waals surface area contributed by atoms with Crippen LogP contribution < -0.4 is 0 Å². The number of nitro groups is 1. The van der Waals surface area contributed by atoms with Gasteiger partial charge in [0.25, 0.3) is 0 Å². The third-order valence-electron chi connectivity index (χ3n) is 2.97. The minimum atomic E-state index is -0.212. The lowest BCUT2D eigenvalue weighted by Crippen LogP contribution is -2.31. The van der Waals surface area contributed by atoms with E-state index in [4.69, 9.17) is 0 Å². The maximum atomic E-state index is 10.5. The maximum absolute atomic E-state index is 10.5. The largest absolute Gasteiger partial charge is 0.264 e. The van der Waals surface area contributed by atoms with Gasteiger partial charge in [-0.15, -0.1) is 0 Å². The lowest BCUT2D eigenvalue weighted by molar-refractivity contribution is -0.530. The Kier molecular flexibility index (Phi) is 1.81. The number of halogens is 1. The second-order valence-corrected chi connectivity index (χ2v) is 5.21. The Morgan fingerprint density at radius 2 is 2.09 bits per heavy atom. The van der Waals surface area contributed by atoms with E-state index in [-0.39, 0.29) is 11.0 Å². The summed E-state index contributed by atoms with van der Waals surface area (Å²) in [5.41, 5.74) is 0. The summed E-state index contributed by atoms with van der Waals surface area (Å²) >= 11 is 2.37. The van der Waals surface area contributed by atoms with Crippen molar-refractivity contribution in [3.8, 4) is 0 Å². The molecule has 2 bridgehead atoms. The van der Waals surface area contributed by atoms with Crippen molar-refractivity contribution in [2.75, 3.05) is 0 Å². The Bertz CT molecular complexity index is 197. The average molecular weight is 267 g/mol. The highest BCUT2D eigenvalue weighted by atomic mass is 127. The number of nitrogens with zero attached hydrogens (tertiary/aromatic N) is 1. The van der Waals surface area contributed by atoms with Gasteiger partial charge in [-0.05, 0) is 18.8 Å². The fourth-order valence-electron chi connectivity index (χ4n) is 2.47. The maximum Gasteiger partial charge on any atom is 0.217 e. The molecule has 0 radical (unpaired) electrons. The lowest BCUT2D eigenvalue weighted by Gasteiger charge is -2.18. The number of fused-ring (bicyclic) bond motifs is 2. The Hall–Kier alpha value is 0.130. The van der Waals surface area contributed by atoms with Crippen LogP contribution in [-0.2, 0) is 0 Å². The van der Waals surface area contributed by atoms with E-state index in [1.165, 1.54) is 6.42 Å². The monoisotopic (exact) mass is 267 g/mol. The first-order chi connectivity index (χ1) is 5.18. The predicted octanol–water partition coefficient (Wildman–Crippen LogP) is 1.87. The molecule has 4 heteroatoms. The van der Waals surface area contributed by atoms with Gasteiger partial charge in [0, 0.05) is 21.2 Å². The number of hydrogen-bond donors (Lipinski definition) is 0. The van der Waals surface area contributed by atoms with Crippen molar-refractivity contribution in [3.05, 3.63) is 10.1 Å². The number of rotatable bonds is 1. The standard InChI is InChI=1S/C7H10INO2/c8-6-2-4-1-5(6)7(3-4)9(10)11/h4-7H,1-3H2. The van der Waals surface area contributed by atoms with Gasteiger partial charge >= 0.3 is 0 Å². The van der Waals surface area contributed by atoms with Crippen molar-refractivity contribution in [2.24, 2.45) is 11.8 Å². The molecule has 0 N–H and O–H groups in total. The molecule has 4 unspecified atom stereocenters. The van der Waals surface area contributed by atoms with E-state index in [0.29, 0.717) is 15.8 Å². The molecule has 3 nitrogen and oxygen atoms in total. The quantitative estimate of drug-likeness (QED) is 0.315. The van der Waals surface area contributed by atoms with E-state index in [1.54, 1.807) is 0 Å². The van der Waals surface area contributed by atoms with E-state index < -0.39 is 0 Å². The summed E-state index contributed by atoms with van der Waals surface area (Å²) in [5, 5.41) is 10.5. The van der Waals surface area contributed by atoms with Crippen molar-refractivity contribution >= 4 is 22.6 Å². The summed E-state index contributed by atoms with van der Waals surface area (Å²) in [4.78, 5) is 10.5. The fraction of sp³-hybridized carbons (Fsp3) is 1.00. The van der Waals surface area contributed by atoms with E-state index >= 15 is 0 Å². The van der Waals surface area contributed by atoms with Gasteiger partial charge < -0.3 is 0 Å². The van der Waals surface area contributed by atoms with Crippen LogP contribution in [0.15, 0.2) is 0 Å². The predicted molar refractivity (Wildman–Crippen MR) is 49.4 cm³/mol. The first-order valence-electron chi connectivity index (χ1n) is 3.96. The van der Waals surface area contributed by atoms with Crippen LogP contribution in [-0.4, -0.2) is 14.9 Å². The fourth-order valence-corrected chi connectivity index (χ4v) is 3.96. The highest BCUT2D eigenvalue weighted by Crippen LogP contribution is 2.48. The van der Waals surface area contributed by atoms with Crippen LogP contribution in [0.5, 0.6) is 0 Å². The Labute approximate surface area is 78.8 Å². The Morgan fingerprint density at radius 1 is 1.36 bits per heavy atom. The molecule has 2 aliphatic carbocycles. The first kappa shape index (κ1) is 7.76. The smallest absolute Gasteiger partial charge is 0.217 e. The van der Waals surface area contributed by atoms with Crippen molar-refractivity contribution in [2.45, 2.75) is 29.2 Å². The molecule has 11 heavy (non-hydrogen) atoms. The molecular formula is C7H10INO2. The second kappa shape index (κ2) is 2.57. The van der Waals surface area contributed by atoms with Crippen molar-refractivity contribution in [3.63, 3.8) is 0 Å². The van der Waals surface area contributed by atoms with Crippen LogP contribution in [0, 0.1) is 22.0 Å². The molecule has 4 atom stereocenters. The van der Waals surface area contributed by atoms with Gasteiger partial charge in [0.2, 0.25) is 6.04 Å². The third kappa shape index (κ3) is 1.15. The molecule has 0 spiro atoms. The average Bonchev–Trinajstić information content (AvgIpc) is 2.43. The molecule has 0 saturated heterocycles. The molecule has 62 valence electrons. The molecule has 0 aromatic carbocycles. The molecule has 0 aromatic rings. The Balaban J connectivity index is 2.12. The van der Waals surface area contributed by atoms with Gasteiger partial charge in [-0.3, -0.25) is 10.1 Å². The lowest BCUT2D eigenvalue weighted by atomic mass is 9.96. The van der Waals surface area contributed by atoms with Gasteiger partial charge in [0.15, 0.2) is 0 Å². The minimum Gasteiger partial charge on any atom is -0.264 e. The van der Waals surface area contributed by atoms with Crippen molar-refractivity contribution < 1.29 is 4.92 Å². The zero-order valence-corrected chi connectivity index (χ0v) is 8.23. The van der Waals surface area contributed by atoms with Gasteiger partial charge in [0.05, 0.1) is 0 Å². The first-order valence-corrected chi connectivity index (χ1v) is 5.20. The molecule has 2 saturated carbocycles. The molecule has 0 amide bonds. The van der Waals surface area contributed by atoms with Gasteiger partial charge in [-0.25, -0.2) is 0 Å². The van der Waals surface area contributed by atoms with Crippen LogP contribution in [0.2, 0.25) is 0 Å². The summed E-state index contributed by atoms with van der Waals surface area (Å²) in [6.07, 6.45) is 3.17. The molecule has 0 aromatic heterocycles. The van der Waals surface area contributed by atoms with Crippen LogP contribution in [0.25, 0.3) is 0 Å². The molecule has 0 aliphatic heterocycles. The molecule has 2 fully saturated rings. The zero-order chi connectivity index (χ0) is 8.01. The summed E-state index contributed by atoms with van der Waals surface area (Å²) in [6, 6.07) is -0.212. The van der Waals surface area contributed by atoms with Crippen molar-refractivity contribution in [1.29, 1.82) is 0 Å². The van der Waals surface area contributed by atoms with Crippen molar-refractivity contribution in [1.82, 2.24) is 0 Å². The summed E-state index contributed by atoms with van der Waals surface area (Å²) in [5.74, 6) is 1.05. The summed E-state index contributed by atoms with van der Waals surface area (Å²) in [6.45, 7) is 0. The number of alkyl halides is 1. The Morgan fingerprint density at radius 3 is 2.45 bits per heavy atom. The molecular weight excluding hydrogens is 257 g/mol. The van der Waals surface area contributed by atoms with Crippen LogP contribution in [0.4, 0.5) is 0 Å². The SMILES string of the molecule is O=[N+]([O-])C1CC2CC(I)C1C2. The van der Waals surface area contributed by atoms with Gasteiger partial charge in [0.1, 0.15) is 0 Å². The highest BCUT2D eigenvalue weighted by Gasteiger charge is 2.51. The zero-order valence-electron chi connectivity index (χ0n) is 6.07. The van der Waals surface area contributed by atoms with Crippen LogP contribution in [0.1, 0.15) is 19.3 Å². The van der Waals surface area contributed by atoms with Crippen LogP contribution >= 0.6 is 22.6 Å². The van der Waals surface area contributed by atoms with E-state index in [2.05, 4.69) is 22.6 Å². The summed E-state index contributed by atoms with van der Waals surface area (Å²) < 4.78 is 0.571. The highest BCUT2D eigenvalue weighted by molar-refractivity contribution is 14.1. The number of hydrogen-bond acceptors (Lipinski definition) is 2. The normalized spacial score (nSPS) is 48.1. The topological polar surface area (TPSA) is 43.1 Å². The summed E-state index contributed by atoms with van der Waals surface area (Å²) in [7, 11) is 0. The molecule has 2 aliphatic rings. The van der Waals surface area contributed by atoms with Crippen LogP contribution in [0.3, 0.4) is 0 Å². The van der Waals surface area contributed by atoms with Gasteiger partial charge in [-0.1, -0.05) is 22.6 Å². The van der Waals surface area contributed by atoms with Gasteiger partial charge in [-0.2, -0.15) is 0 Å².